The quantitative estimate of drug-likeness (QED) is 0.630. The van der Waals surface area contributed by atoms with Crippen molar-refractivity contribution in [1.29, 1.82) is 0 Å². The summed E-state index contributed by atoms with van der Waals surface area (Å²) in [5, 5.41) is 9.80. The Bertz CT molecular complexity index is 1110. The predicted molar refractivity (Wildman–Crippen MR) is 116 cm³/mol. The Morgan fingerprint density at radius 1 is 1.00 bits per heavy atom. The summed E-state index contributed by atoms with van der Waals surface area (Å²) in [5.41, 5.74) is 5.61. The molecule has 5 rings (SSSR count). The van der Waals surface area contributed by atoms with Gasteiger partial charge >= 0.3 is 6.03 Å². The van der Waals surface area contributed by atoms with E-state index in [0.29, 0.717) is 0 Å². The molecule has 2 aliphatic rings. The van der Waals surface area contributed by atoms with Crippen molar-refractivity contribution in [2.24, 2.45) is 0 Å². The lowest BCUT2D eigenvalue weighted by Crippen LogP contribution is -2.31. The van der Waals surface area contributed by atoms with Crippen LogP contribution in [0.5, 0.6) is 0 Å². The fourth-order valence-corrected chi connectivity index (χ4v) is 4.54. The number of para-hydroxylation sites is 1. The number of benzene rings is 2. The first-order chi connectivity index (χ1) is 15.2. The normalized spacial score (nSPS) is 15.8. The zero-order chi connectivity index (χ0) is 21.2. The van der Waals surface area contributed by atoms with E-state index in [0.717, 1.165) is 61.6 Å². The lowest BCUT2D eigenvalue weighted by atomic mass is 9.95. The third-order valence-corrected chi connectivity index (χ3v) is 6.12. The van der Waals surface area contributed by atoms with Crippen LogP contribution >= 0.6 is 0 Å². The van der Waals surface area contributed by atoms with E-state index < -0.39 is 11.8 Å². The van der Waals surface area contributed by atoms with E-state index in [-0.39, 0.29) is 5.69 Å². The molecule has 3 aromatic rings. The van der Waals surface area contributed by atoms with E-state index in [1.165, 1.54) is 36.1 Å². The van der Waals surface area contributed by atoms with E-state index in [1.54, 1.807) is 12.1 Å². The van der Waals surface area contributed by atoms with Gasteiger partial charge in [0, 0.05) is 37.3 Å². The monoisotopic (exact) mass is 420 g/mol. The van der Waals surface area contributed by atoms with Crippen LogP contribution in [0.3, 0.4) is 0 Å². The zero-order valence-corrected chi connectivity index (χ0v) is 17.3. The van der Waals surface area contributed by atoms with Crippen LogP contribution in [0.2, 0.25) is 0 Å². The van der Waals surface area contributed by atoms with Crippen LogP contribution < -0.4 is 10.6 Å². The summed E-state index contributed by atoms with van der Waals surface area (Å²) in [6.07, 6.45) is 5.26. The number of rotatable bonds is 4. The molecule has 1 aliphatic carbocycles. The molecule has 31 heavy (non-hydrogen) atoms. The molecule has 0 atom stereocenters. The van der Waals surface area contributed by atoms with Crippen LogP contribution in [-0.4, -0.2) is 22.6 Å². The van der Waals surface area contributed by atoms with Crippen molar-refractivity contribution in [1.82, 2.24) is 10.1 Å². The van der Waals surface area contributed by atoms with Crippen molar-refractivity contribution in [2.75, 3.05) is 17.2 Å². The molecule has 160 valence electrons. The summed E-state index contributed by atoms with van der Waals surface area (Å²) in [6.45, 7) is 2.45. The fourth-order valence-electron chi connectivity index (χ4n) is 4.54. The number of nitrogens with zero attached hydrogens (tertiary/aromatic N) is 2. The number of hydrogen-bond acceptors (Lipinski definition) is 4. The minimum absolute atomic E-state index is 0.159. The minimum Gasteiger partial charge on any atom is -0.361 e. The number of nitrogens with one attached hydrogen (secondary N) is 2. The number of urea groups is 1. The molecule has 7 heteroatoms. The van der Waals surface area contributed by atoms with Crippen molar-refractivity contribution >= 4 is 17.4 Å². The highest BCUT2D eigenvalue weighted by atomic mass is 19.1. The minimum atomic E-state index is -0.460. The summed E-state index contributed by atoms with van der Waals surface area (Å²) < 4.78 is 19.4. The standard InChI is InChI=1S/C24H25FN4O2/c25-19-8-2-3-9-21(19)27-24(30)26-20-10-5-6-16-14-29(13-12-17(16)20)15-22-18-7-1-4-11-23(18)31-28-22/h2-3,5-6,8-10H,1,4,7,11-15H2,(H2,26,27,30). The molecule has 2 N–H and O–H groups in total. The van der Waals surface area contributed by atoms with E-state index in [9.17, 15) is 9.18 Å². The average Bonchev–Trinajstić information content (AvgIpc) is 3.18. The number of aromatic nitrogens is 1. The fraction of sp³-hybridized carbons (Fsp3) is 0.333. The average molecular weight is 420 g/mol. The number of halogens is 1. The van der Waals surface area contributed by atoms with Gasteiger partial charge in [-0.05, 0) is 55.0 Å². The number of anilines is 2. The van der Waals surface area contributed by atoms with Crippen molar-refractivity contribution in [3.8, 4) is 0 Å². The summed E-state index contributed by atoms with van der Waals surface area (Å²) in [7, 11) is 0. The second kappa shape index (κ2) is 8.51. The van der Waals surface area contributed by atoms with E-state index in [1.807, 2.05) is 12.1 Å². The van der Waals surface area contributed by atoms with Gasteiger partial charge in [0.2, 0.25) is 0 Å². The SMILES string of the molecule is O=C(Nc1ccccc1F)Nc1cccc2c1CCN(Cc1noc3c1CCCC3)C2. The van der Waals surface area contributed by atoms with Gasteiger partial charge < -0.3 is 15.2 Å². The maximum Gasteiger partial charge on any atom is 0.323 e. The van der Waals surface area contributed by atoms with Crippen molar-refractivity contribution < 1.29 is 13.7 Å². The second-order valence-corrected chi connectivity index (χ2v) is 8.20. The molecule has 1 aliphatic heterocycles. The molecule has 0 saturated heterocycles. The van der Waals surface area contributed by atoms with Crippen LogP contribution in [0.1, 0.15) is 41.0 Å². The summed E-state index contributed by atoms with van der Waals surface area (Å²) in [5.74, 6) is 0.601. The number of amides is 2. The molecule has 0 saturated carbocycles. The van der Waals surface area contributed by atoms with Gasteiger partial charge in [-0.2, -0.15) is 0 Å². The smallest absolute Gasteiger partial charge is 0.323 e. The van der Waals surface area contributed by atoms with Gasteiger partial charge in [-0.25, -0.2) is 9.18 Å². The lowest BCUT2D eigenvalue weighted by molar-refractivity contribution is 0.237. The van der Waals surface area contributed by atoms with Gasteiger partial charge in [-0.15, -0.1) is 0 Å². The first-order valence-electron chi connectivity index (χ1n) is 10.8. The zero-order valence-electron chi connectivity index (χ0n) is 17.3. The van der Waals surface area contributed by atoms with Crippen LogP contribution in [0, 0.1) is 5.82 Å². The first-order valence-corrected chi connectivity index (χ1v) is 10.8. The molecule has 0 fully saturated rings. The highest BCUT2D eigenvalue weighted by Gasteiger charge is 2.24. The summed E-state index contributed by atoms with van der Waals surface area (Å²) in [6, 6.07) is 11.6. The maximum absolute atomic E-state index is 13.8. The molecular weight excluding hydrogens is 395 g/mol. The van der Waals surface area contributed by atoms with E-state index >= 15 is 0 Å². The highest BCUT2D eigenvalue weighted by molar-refractivity contribution is 6.00. The largest absolute Gasteiger partial charge is 0.361 e. The van der Waals surface area contributed by atoms with Crippen LogP contribution in [-0.2, 0) is 32.4 Å². The molecule has 2 heterocycles. The maximum atomic E-state index is 13.8. The van der Waals surface area contributed by atoms with Gasteiger partial charge in [0.25, 0.3) is 0 Å². The summed E-state index contributed by atoms with van der Waals surface area (Å²) in [4.78, 5) is 14.8. The summed E-state index contributed by atoms with van der Waals surface area (Å²) >= 11 is 0. The molecule has 0 unspecified atom stereocenters. The molecule has 6 nitrogen and oxygen atoms in total. The van der Waals surface area contributed by atoms with Crippen LogP contribution in [0.15, 0.2) is 47.0 Å². The third kappa shape index (κ3) is 4.18. The molecule has 1 aromatic heterocycles. The van der Waals surface area contributed by atoms with Gasteiger partial charge in [-0.1, -0.05) is 29.4 Å². The van der Waals surface area contributed by atoms with Crippen molar-refractivity contribution in [3.05, 3.63) is 76.4 Å². The lowest BCUT2D eigenvalue weighted by Gasteiger charge is -2.29. The van der Waals surface area contributed by atoms with Gasteiger partial charge in [0.15, 0.2) is 0 Å². The van der Waals surface area contributed by atoms with Crippen molar-refractivity contribution in [3.63, 3.8) is 0 Å². The molecule has 2 amide bonds. The number of aryl methyl sites for hydroxylation is 1. The number of carbonyl (C=O) groups is 1. The van der Waals surface area contributed by atoms with Crippen LogP contribution in [0.25, 0.3) is 0 Å². The Hall–Kier alpha value is -3.19. The second-order valence-electron chi connectivity index (χ2n) is 8.20. The molecule has 0 radical (unpaired) electrons. The predicted octanol–water partition coefficient (Wildman–Crippen LogP) is 4.89. The number of carbonyl (C=O) groups excluding carboxylic acids is 1. The Morgan fingerprint density at radius 3 is 2.71 bits per heavy atom. The third-order valence-electron chi connectivity index (χ3n) is 6.12. The van der Waals surface area contributed by atoms with Gasteiger partial charge in [0.05, 0.1) is 5.69 Å². The number of hydrogen-bond donors (Lipinski definition) is 2. The molecule has 2 aromatic carbocycles. The van der Waals surface area contributed by atoms with E-state index in [2.05, 4.69) is 26.8 Å². The topological polar surface area (TPSA) is 70.4 Å². The Balaban J connectivity index is 1.27. The Kier molecular flexibility index (Phi) is 5.42. The van der Waals surface area contributed by atoms with Crippen molar-refractivity contribution in [2.45, 2.75) is 45.2 Å². The van der Waals surface area contributed by atoms with Crippen LogP contribution in [0.4, 0.5) is 20.6 Å². The first kappa shape index (κ1) is 19.8. The Labute approximate surface area is 180 Å². The molecular formula is C24H25FN4O2. The highest BCUT2D eigenvalue weighted by Crippen LogP contribution is 2.29. The van der Waals surface area contributed by atoms with E-state index in [4.69, 9.17) is 4.52 Å². The molecule has 0 spiro atoms. The number of fused-ring (bicyclic) bond motifs is 2. The Morgan fingerprint density at radius 2 is 1.81 bits per heavy atom. The van der Waals surface area contributed by atoms with Gasteiger partial charge in [0.1, 0.15) is 17.3 Å². The molecule has 0 bridgehead atoms. The van der Waals surface area contributed by atoms with Gasteiger partial charge in [-0.3, -0.25) is 4.90 Å².